The summed E-state index contributed by atoms with van der Waals surface area (Å²) >= 11 is 0. The average Bonchev–Trinajstić information content (AvgIpc) is 3.30. The minimum atomic E-state index is -0.792. The number of rotatable bonds is 4. The molecule has 1 amide bonds. The van der Waals surface area contributed by atoms with Gasteiger partial charge in [-0.1, -0.05) is 18.2 Å². The maximum Gasteiger partial charge on any atom is 0.245 e. The Bertz CT molecular complexity index is 1100. The monoisotopic (exact) mass is 468 g/mol. The third-order valence-electron chi connectivity index (χ3n) is 8.00. The molecule has 0 radical (unpaired) electrons. The number of anilines is 1. The fourth-order valence-electron chi connectivity index (χ4n) is 6.02. The topological polar surface area (TPSA) is 51.2 Å². The van der Waals surface area contributed by atoms with Gasteiger partial charge in [-0.2, -0.15) is 0 Å². The number of hydrogen-bond donors (Lipinski definition) is 0. The molecule has 4 aliphatic heterocycles. The number of fused-ring (bicyclic) bond motifs is 5. The molecule has 7 rings (SSSR count). The molecule has 7 heteroatoms. The molecular weight excluding hydrogens is 440 g/mol. The normalized spacial score (nSPS) is 25.7. The van der Waals surface area contributed by atoms with Crippen molar-refractivity contribution < 1.29 is 19.0 Å². The molecule has 33 heavy (non-hydrogen) atoms. The first kappa shape index (κ1) is 21.1. The predicted octanol–water partition coefficient (Wildman–Crippen LogP) is 3.98. The zero-order valence-corrected chi connectivity index (χ0v) is 19.4. The van der Waals surface area contributed by atoms with E-state index in [1.807, 2.05) is 29.2 Å². The van der Waals surface area contributed by atoms with Gasteiger partial charge in [0.05, 0.1) is 0 Å². The average molecular weight is 469 g/mol. The molecule has 0 bridgehead atoms. The molecule has 1 saturated heterocycles. The van der Waals surface area contributed by atoms with Crippen LogP contribution in [0.2, 0.25) is 0 Å². The predicted molar refractivity (Wildman–Crippen MR) is 127 cm³/mol. The Balaban J connectivity index is 0.00000206. The minimum Gasteiger partial charge on any atom is -0.491 e. The number of halogens is 1. The van der Waals surface area contributed by atoms with Crippen LogP contribution >= 0.6 is 12.4 Å². The number of likely N-dealkylation sites (tertiary alicyclic amines) is 1. The molecule has 2 aromatic carbocycles. The second-order valence-electron chi connectivity index (χ2n) is 10.0. The van der Waals surface area contributed by atoms with Crippen LogP contribution in [0, 0.1) is 11.8 Å². The molecule has 1 unspecified atom stereocenters. The molecule has 0 aromatic heterocycles. The van der Waals surface area contributed by atoms with Gasteiger partial charge in [0.25, 0.3) is 0 Å². The van der Waals surface area contributed by atoms with Crippen LogP contribution in [0.15, 0.2) is 36.4 Å². The van der Waals surface area contributed by atoms with Crippen molar-refractivity contribution in [2.75, 3.05) is 44.5 Å². The number of benzene rings is 2. The molecule has 5 aliphatic rings. The van der Waals surface area contributed by atoms with Gasteiger partial charge in [-0.05, 0) is 68.3 Å². The van der Waals surface area contributed by atoms with Crippen LogP contribution in [-0.4, -0.2) is 50.4 Å². The Morgan fingerprint density at radius 2 is 1.58 bits per heavy atom. The van der Waals surface area contributed by atoms with E-state index in [-0.39, 0.29) is 25.1 Å². The van der Waals surface area contributed by atoms with E-state index in [2.05, 4.69) is 17.0 Å². The number of carbonyl (C=O) groups excluding carboxylic acids is 1. The summed E-state index contributed by atoms with van der Waals surface area (Å²) in [5.41, 5.74) is 2.20. The number of piperidine rings is 1. The lowest BCUT2D eigenvalue weighted by Crippen LogP contribution is -2.45. The summed E-state index contributed by atoms with van der Waals surface area (Å²) in [7, 11) is 0. The van der Waals surface area contributed by atoms with Gasteiger partial charge in [0, 0.05) is 30.4 Å². The van der Waals surface area contributed by atoms with Gasteiger partial charge < -0.3 is 24.0 Å². The molecule has 174 valence electrons. The van der Waals surface area contributed by atoms with E-state index in [9.17, 15) is 4.79 Å². The first-order valence-electron chi connectivity index (χ1n) is 11.9. The van der Waals surface area contributed by atoms with Crippen LogP contribution in [0.25, 0.3) is 0 Å². The van der Waals surface area contributed by atoms with Gasteiger partial charge in [-0.25, -0.2) is 0 Å². The van der Waals surface area contributed by atoms with Gasteiger partial charge in [0.15, 0.2) is 11.5 Å². The van der Waals surface area contributed by atoms with Crippen molar-refractivity contribution in [1.29, 1.82) is 0 Å². The summed E-state index contributed by atoms with van der Waals surface area (Å²) in [5, 5.41) is 0. The zero-order valence-electron chi connectivity index (χ0n) is 18.6. The van der Waals surface area contributed by atoms with Crippen LogP contribution in [0.4, 0.5) is 5.69 Å². The molecule has 1 spiro atoms. The van der Waals surface area contributed by atoms with Crippen molar-refractivity contribution in [3.63, 3.8) is 0 Å². The zero-order chi connectivity index (χ0) is 21.3. The fourth-order valence-corrected chi connectivity index (χ4v) is 6.02. The Morgan fingerprint density at radius 1 is 0.848 bits per heavy atom. The summed E-state index contributed by atoms with van der Waals surface area (Å²) in [5.74, 6) is 3.73. The molecular formula is C26H29ClN2O4. The molecule has 0 N–H and O–H groups in total. The van der Waals surface area contributed by atoms with Crippen molar-refractivity contribution in [2.24, 2.45) is 11.8 Å². The van der Waals surface area contributed by atoms with Crippen molar-refractivity contribution >= 4 is 24.0 Å². The Hall–Kier alpha value is -2.44. The van der Waals surface area contributed by atoms with Crippen LogP contribution < -0.4 is 19.1 Å². The van der Waals surface area contributed by atoms with Crippen LogP contribution in [0.3, 0.4) is 0 Å². The standard InChI is InChI=1S/C26H28N2O4.ClH/c29-25-26(15-30-22-12-24-23(11-20(22)26)31-16-32-24)19-3-1-2-4-21(19)28(25)14-18-7-9-27(10-8-18)13-17-5-6-17;/h1-4,11-12,17-18H,5-10,13-16H2;1H. The third-order valence-corrected chi connectivity index (χ3v) is 8.00. The third kappa shape index (κ3) is 3.22. The molecule has 2 aromatic rings. The highest BCUT2D eigenvalue weighted by molar-refractivity contribution is 6.11. The molecule has 1 atom stereocenters. The first-order chi connectivity index (χ1) is 15.7. The number of nitrogens with zero attached hydrogens (tertiary/aromatic N) is 2. The highest BCUT2D eigenvalue weighted by Gasteiger charge is 2.57. The van der Waals surface area contributed by atoms with Crippen molar-refractivity contribution in [2.45, 2.75) is 31.1 Å². The van der Waals surface area contributed by atoms with Gasteiger partial charge in [-0.15, -0.1) is 12.4 Å². The second kappa shape index (κ2) is 7.81. The smallest absolute Gasteiger partial charge is 0.245 e. The van der Waals surface area contributed by atoms with Gasteiger partial charge in [0.1, 0.15) is 17.8 Å². The lowest BCUT2D eigenvalue weighted by molar-refractivity contribution is -0.122. The van der Waals surface area contributed by atoms with E-state index in [1.165, 1.54) is 19.4 Å². The van der Waals surface area contributed by atoms with E-state index in [4.69, 9.17) is 14.2 Å². The lowest BCUT2D eigenvalue weighted by Gasteiger charge is -2.34. The fraction of sp³-hybridized carbons (Fsp3) is 0.500. The van der Waals surface area contributed by atoms with Crippen LogP contribution in [-0.2, 0) is 10.2 Å². The molecule has 1 aliphatic carbocycles. The molecule has 4 heterocycles. The molecule has 1 saturated carbocycles. The minimum absolute atomic E-state index is 0. The summed E-state index contributed by atoms with van der Waals surface area (Å²) in [6, 6.07) is 12.1. The maximum atomic E-state index is 14.1. The van der Waals surface area contributed by atoms with E-state index < -0.39 is 5.41 Å². The quantitative estimate of drug-likeness (QED) is 0.679. The van der Waals surface area contributed by atoms with Crippen molar-refractivity contribution in [3.05, 3.63) is 47.5 Å². The van der Waals surface area contributed by atoms with Gasteiger partial charge in [0.2, 0.25) is 12.7 Å². The highest BCUT2D eigenvalue weighted by atomic mass is 35.5. The first-order valence-corrected chi connectivity index (χ1v) is 11.9. The van der Waals surface area contributed by atoms with E-state index in [0.29, 0.717) is 24.0 Å². The number of ether oxygens (including phenoxy) is 3. The SMILES string of the molecule is Cl.O=C1N(CC2CCN(CC3CC3)CC2)c2ccccc2C12COc1cc3c(cc12)OCO3. The Labute approximate surface area is 200 Å². The van der Waals surface area contributed by atoms with E-state index in [0.717, 1.165) is 61.0 Å². The highest BCUT2D eigenvalue weighted by Crippen LogP contribution is 2.55. The second-order valence-corrected chi connectivity index (χ2v) is 10.0. The van der Waals surface area contributed by atoms with Gasteiger partial charge in [-0.3, -0.25) is 4.79 Å². The Morgan fingerprint density at radius 3 is 2.36 bits per heavy atom. The number of amides is 1. The number of hydrogen-bond acceptors (Lipinski definition) is 5. The largest absolute Gasteiger partial charge is 0.491 e. The maximum absolute atomic E-state index is 14.1. The van der Waals surface area contributed by atoms with Crippen molar-refractivity contribution in [3.8, 4) is 17.2 Å². The summed E-state index contributed by atoms with van der Waals surface area (Å²) < 4.78 is 17.3. The molecule has 6 nitrogen and oxygen atoms in total. The van der Waals surface area contributed by atoms with Crippen molar-refractivity contribution in [1.82, 2.24) is 4.90 Å². The summed E-state index contributed by atoms with van der Waals surface area (Å²) in [4.78, 5) is 18.8. The summed E-state index contributed by atoms with van der Waals surface area (Å²) in [6.07, 6.45) is 5.14. The van der Waals surface area contributed by atoms with Crippen LogP contribution in [0.1, 0.15) is 36.8 Å². The van der Waals surface area contributed by atoms with Gasteiger partial charge >= 0.3 is 0 Å². The number of carbonyl (C=O) groups is 1. The van der Waals surface area contributed by atoms with E-state index >= 15 is 0 Å². The Kier molecular flexibility index (Phi) is 5.00. The molecule has 2 fully saturated rings. The van der Waals surface area contributed by atoms with E-state index in [1.54, 1.807) is 0 Å². The number of para-hydroxylation sites is 1. The lowest BCUT2D eigenvalue weighted by atomic mass is 9.77. The summed E-state index contributed by atoms with van der Waals surface area (Å²) in [6.45, 7) is 4.91. The van der Waals surface area contributed by atoms with Crippen LogP contribution in [0.5, 0.6) is 17.2 Å².